The van der Waals surface area contributed by atoms with E-state index in [-0.39, 0.29) is 5.57 Å². The molecule has 0 aromatic heterocycles. The first kappa shape index (κ1) is 19.3. The quantitative estimate of drug-likeness (QED) is 0.552. The summed E-state index contributed by atoms with van der Waals surface area (Å²) in [7, 11) is 0. The third-order valence-electron chi connectivity index (χ3n) is 4.69. The number of amides is 1. The van der Waals surface area contributed by atoms with E-state index in [1.807, 2.05) is 56.3 Å². The first-order chi connectivity index (χ1) is 12.5. The Kier molecular flexibility index (Phi) is 6.57. The predicted octanol–water partition coefficient (Wildman–Crippen LogP) is 5.28. The molecule has 2 rings (SSSR count). The Balaban J connectivity index is 2.20. The number of nitriles is 1. The van der Waals surface area contributed by atoms with E-state index >= 15 is 0 Å². The fraction of sp³-hybridized carbons (Fsp3) is 0.273. The van der Waals surface area contributed by atoms with Gasteiger partial charge in [0.2, 0.25) is 0 Å². The largest absolute Gasteiger partial charge is 0.360 e. The van der Waals surface area contributed by atoms with E-state index in [1.54, 1.807) is 0 Å². The zero-order valence-corrected chi connectivity index (χ0v) is 15.8. The molecule has 1 atom stereocenters. The first-order valence-corrected chi connectivity index (χ1v) is 8.81. The molecule has 0 aliphatic heterocycles. The third-order valence-corrected chi connectivity index (χ3v) is 4.69. The molecule has 0 aliphatic rings. The van der Waals surface area contributed by atoms with Crippen molar-refractivity contribution in [3.8, 4) is 6.07 Å². The zero-order chi connectivity index (χ0) is 19.1. The van der Waals surface area contributed by atoms with Crippen LogP contribution in [0.2, 0.25) is 0 Å². The number of hydrogen-bond acceptors (Lipinski definition) is 3. The fourth-order valence-corrected chi connectivity index (χ4v) is 2.65. The molecule has 2 aromatic rings. The van der Waals surface area contributed by atoms with E-state index < -0.39 is 5.91 Å². The highest BCUT2D eigenvalue weighted by molar-refractivity contribution is 6.07. The average molecular weight is 347 g/mol. The van der Waals surface area contributed by atoms with Crippen molar-refractivity contribution in [2.75, 3.05) is 10.6 Å². The topological polar surface area (TPSA) is 64.9 Å². The summed E-state index contributed by atoms with van der Waals surface area (Å²) in [5.41, 5.74) is 4.91. The molecule has 2 aromatic carbocycles. The van der Waals surface area contributed by atoms with Crippen molar-refractivity contribution in [1.82, 2.24) is 0 Å². The van der Waals surface area contributed by atoms with Crippen LogP contribution in [0.1, 0.15) is 42.9 Å². The Morgan fingerprint density at radius 3 is 2.54 bits per heavy atom. The smallest absolute Gasteiger partial charge is 0.267 e. The number of para-hydroxylation sites is 1. The van der Waals surface area contributed by atoms with Gasteiger partial charge in [0.05, 0.1) is 0 Å². The number of carbonyl (C=O) groups excluding carboxylic acids is 1. The van der Waals surface area contributed by atoms with Crippen LogP contribution in [0.4, 0.5) is 11.4 Å². The van der Waals surface area contributed by atoms with Gasteiger partial charge in [0.1, 0.15) is 11.6 Å². The van der Waals surface area contributed by atoms with Crippen LogP contribution in [0.25, 0.3) is 0 Å². The molecule has 0 spiro atoms. The number of anilines is 2. The predicted molar refractivity (Wildman–Crippen MR) is 107 cm³/mol. The van der Waals surface area contributed by atoms with E-state index in [1.165, 1.54) is 11.8 Å². The van der Waals surface area contributed by atoms with Crippen LogP contribution in [0, 0.1) is 25.2 Å². The average Bonchev–Trinajstić information content (AvgIpc) is 2.65. The number of nitrogens with one attached hydrogen (secondary N) is 2. The summed E-state index contributed by atoms with van der Waals surface area (Å²) >= 11 is 0. The minimum absolute atomic E-state index is 0.0323. The lowest BCUT2D eigenvalue weighted by Gasteiger charge is -2.15. The van der Waals surface area contributed by atoms with Gasteiger partial charge in [0.25, 0.3) is 5.91 Å². The van der Waals surface area contributed by atoms with E-state index in [0.717, 1.165) is 28.9 Å². The third kappa shape index (κ3) is 4.52. The van der Waals surface area contributed by atoms with Crippen LogP contribution in [0.5, 0.6) is 0 Å². The molecule has 1 amide bonds. The second-order valence-electron chi connectivity index (χ2n) is 6.41. The highest BCUT2D eigenvalue weighted by Gasteiger charge is 2.12. The number of nitrogens with zero attached hydrogens (tertiary/aromatic N) is 1. The van der Waals surface area contributed by atoms with Crippen molar-refractivity contribution in [3.05, 3.63) is 70.9 Å². The highest BCUT2D eigenvalue weighted by Crippen LogP contribution is 2.26. The normalized spacial score (nSPS) is 12.2. The van der Waals surface area contributed by atoms with Crippen LogP contribution in [0.15, 0.2) is 54.2 Å². The lowest BCUT2D eigenvalue weighted by atomic mass is 9.97. The lowest BCUT2D eigenvalue weighted by molar-refractivity contribution is -0.112. The molecule has 0 heterocycles. The van der Waals surface area contributed by atoms with E-state index in [0.29, 0.717) is 5.92 Å². The number of hydrogen-bond donors (Lipinski definition) is 2. The van der Waals surface area contributed by atoms with Gasteiger partial charge in [-0.2, -0.15) is 5.26 Å². The molecule has 134 valence electrons. The lowest BCUT2D eigenvalue weighted by Crippen LogP contribution is -2.15. The summed E-state index contributed by atoms with van der Waals surface area (Å²) < 4.78 is 0. The number of aryl methyl sites for hydroxylation is 1. The molecule has 0 radical (unpaired) electrons. The summed E-state index contributed by atoms with van der Waals surface area (Å²) in [4.78, 5) is 12.5. The summed E-state index contributed by atoms with van der Waals surface area (Å²) in [5.74, 6) is -0.0314. The van der Waals surface area contributed by atoms with E-state index in [2.05, 4.69) is 30.5 Å². The van der Waals surface area contributed by atoms with Crippen LogP contribution in [-0.4, -0.2) is 5.91 Å². The molecule has 4 nitrogen and oxygen atoms in total. The monoisotopic (exact) mass is 347 g/mol. The molecule has 26 heavy (non-hydrogen) atoms. The van der Waals surface area contributed by atoms with Gasteiger partial charge in [-0.25, -0.2) is 0 Å². The van der Waals surface area contributed by atoms with Gasteiger partial charge in [-0.05, 0) is 55.0 Å². The molecule has 4 heteroatoms. The summed E-state index contributed by atoms with van der Waals surface area (Å²) in [6.45, 7) is 8.22. The van der Waals surface area contributed by atoms with Crippen LogP contribution in [-0.2, 0) is 4.79 Å². The minimum atomic E-state index is -0.422. The van der Waals surface area contributed by atoms with Gasteiger partial charge >= 0.3 is 0 Å². The Morgan fingerprint density at radius 1 is 1.15 bits per heavy atom. The maximum absolute atomic E-state index is 12.5. The Labute approximate surface area is 155 Å². The molecule has 1 unspecified atom stereocenters. The maximum Gasteiger partial charge on any atom is 0.267 e. The van der Waals surface area contributed by atoms with Gasteiger partial charge < -0.3 is 10.6 Å². The highest BCUT2D eigenvalue weighted by atomic mass is 16.1. The van der Waals surface area contributed by atoms with Crippen molar-refractivity contribution in [3.63, 3.8) is 0 Å². The van der Waals surface area contributed by atoms with E-state index in [9.17, 15) is 10.1 Å². The molecule has 0 aliphatic carbocycles. The van der Waals surface area contributed by atoms with Gasteiger partial charge in [-0.3, -0.25) is 4.79 Å². The zero-order valence-electron chi connectivity index (χ0n) is 15.8. The van der Waals surface area contributed by atoms with E-state index in [4.69, 9.17) is 0 Å². The van der Waals surface area contributed by atoms with Crippen molar-refractivity contribution in [1.29, 1.82) is 5.26 Å². The van der Waals surface area contributed by atoms with Gasteiger partial charge in [0.15, 0.2) is 0 Å². The Bertz CT molecular complexity index is 862. The molecule has 0 saturated heterocycles. The second-order valence-corrected chi connectivity index (χ2v) is 6.41. The van der Waals surface area contributed by atoms with Crippen LogP contribution >= 0.6 is 0 Å². The molecule has 2 N–H and O–H groups in total. The van der Waals surface area contributed by atoms with Crippen molar-refractivity contribution in [2.45, 2.75) is 40.0 Å². The number of benzene rings is 2. The van der Waals surface area contributed by atoms with Crippen molar-refractivity contribution >= 4 is 17.3 Å². The van der Waals surface area contributed by atoms with Gasteiger partial charge in [-0.15, -0.1) is 0 Å². The standard InChI is InChI=1S/C22H25N3O/c1-5-15(2)19-10-6-7-11-21(19)24-14-18(13-23)22(26)25-20-12-8-9-16(3)17(20)4/h6-12,14-15,24H,5H2,1-4H3,(H,25,26)/b18-14-. The number of carbonyl (C=O) groups is 1. The first-order valence-electron chi connectivity index (χ1n) is 8.81. The molecule has 0 fully saturated rings. The van der Waals surface area contributed by atoms with Crippen molar-refractivity contribution < 1.29 is 4.79 Å². The molecule has 0 bridgehead atoms. The molecule has 0 saturated carbocycles. The van der Waals surface area contributed by atoms with Crippen LogP contribution in [0.3, 0.4) is 0 Å². The van der Waals surface area contributed by atoms with Gasteiger partial charge in [0, 0.05) is 17.6 Å². The minimum Gasteiger partial charge on any atom is -0.360 e. The Morgan fingerprint density at radius 2 is 1.85 bits per heavy atom. The summed E-state index contributed by atoms with van der Waals surface area (Å²) in [6, 6.07) is 15.6. The molecular weight excluding hydrogens is 322 g/mol. The summed E-state index contributed by atoms with van der Waals surface area (Å²) in [6.07, 6.45) is 2.49. The number of rotatable bonds is 6. The fourth-order valence-electron chi connectivity index (χ4n) is 2.65. The second kappa shape index (κ2) is 8.87. The maximum atomic E-state index is 12.5. The van der Waals surface area contributed by atoms with Gasteiger partial charge in [-0.1, -0.05) is 44.2 Å². The summed E-state index contributed by atoms with van der Waals surface area (Å²) in [5, 5.41) is 15.3. The van der Waals surface area contributed by atoms with Crippen molar-refractivity contribution in [2.24, 2.45) is 0 Å². The Hall–Kier alpha value is -3.06. The molecular formula is C22H25N3O. The SMILES string of the molecule is CCC(C)c1ccccc1N/C=C(/C#N)C(=O)Nc1cccc(C)c1C. The van der Waals surface area contributed by atoms with Crippen LogP contribution < -0.4 is 10.6 Å².